The summed E-state index contributed by atoms with van der Waals surface area (Å²) in [7, 11) is 0. The van der Waals surface area contributed by atoms with Crippen molar-refractivity contribution >= 4 is 6.03 Å². The second-order valence-electron chi connectivity index (χ2n) is 4.49. The monoisotopic (exact) mass is 273 g/mol. The number of pyridine rings is 1. The molecule has 2 aromatic rings. The van der Waals surface area contributed by atoms with E-state index in [1.54, 1.807) is 18.6 Å². The van der Waals surface area contributed by atoms with Crippen LogP contribution in [0.25, 0.3) is 0 Å². The highest BCUT2D eigenvalue weighted by Crippen LogP contribution is 1.97. The number of aryl methyl sites for hydroxylation is 2. The molecule has 0 unspecified atom stereocenters. The van der Waals surface area contributed by atoms with Crippen LogP contribution in [0, 0.1) is 6.92 Å². The molecule has 0 saturated carbocycles. The van der Waals surface area contributed by atoms with Gasteiger partial charge in [-0.15, -0.1) is 0 Å². The number of aromatic nitrogens is 3. The van der Waals surface area contributed by atoms with Gasteiger partial charge >= 0.3 is 6.03 Å². The largest absolute Gasteiger partial charge is 0.338 e. The van der Waals surface area contributed by atoms with Gasteiger partial charge in [-0.1, -0.05) is 0 Å². The third-order valence-corrected chi connectivity index (χ3v) is 2.99. The summed E-state index contributed by atoms with van der Waals surface area (Å²) in [6, 6.07) is 3.61. The van der Waals surface area contributed by atoms with Crippen LogP contribution in [-0.2, 0) is 13.1 Å². The summed E-state index contributed by atoms with van der Waals surface area (Å²) in [5.41, 5.74) is 1.03. The highest BCUT2D eigenvalue weighted by molar-refractivity contribution is 5.73. The summed E-state index contributed by atoms with van der Waals surface area (Å²) < 4.78 is 2.07. The first-order chi connectivity index (χ1) is 9.75. The van der Waals surface area contributed by atoms with Crippen LogP contribution in [0.2, 0.25) is 0 Å². The Morgan fingerprint density at radius 3 is 2.75 bits per heavy atom. The van der Waals surface area contributed by atoms with Crippen LogP contribution in [0.5, 0.6) is 0 Å². The Kier molecular flexibility index (Phi) is 5.11. The van der Waals surface area contributed by atoms with Crippen LogP contribution < -0.4 is 10.6 Å². The third-order valence-electron chi connectivity index (χ3n) is 2.99. The first-order valence-corrected chi connectivity index (χ1v) is 6.64. The summed E-state index contributed by atoms with van der Waals surface area (Å²) >= 11 is 0. The van der Waals surface area contributed by atoms with Gasteiger partial charge in [0.25, 0.3) is 0 Å². The van der Waals surface area contributed by atoms with E-state index in [1.807, 2.05) is 25.3 Å². The number of carbonyl (C=O) groups excluding carboxylic acids is 1. The number of rotatable bonds is 6. The van der Waals surface area contributed by atoms with Crippen LogP contribution >= 0.6 is 0 Å². The summed E-state index contributed by atoms with van der Waals surface area (Å²) in [6.07, 6.45) is 8.02. The fourth-order valence-corrected chi connectivity index (χ4v) is 1.84. The van der Waals surface area contributed by atoms with Gasteiger partial charge in [-0.2, -0.15) is 0 Å². The van der Waals surface area contributed by atoms with Crippen LogP contribution in [0.3, 0.4) is 0 Å². The van der Waals surface area contributed by atoms with E-state index < -0.39 is 0 Å². The Morgan fingerprint density at radius 2 is 2.05 bits per heavy atom. The van der Waals surface area contributed by atoms with Gasteiger partial charge in [0.05, 0.1) is 0 Å². The lowest BCUT2D eigenvalue weighted by atomic mass is 10.3. The molecule has 2 aromatic heterocycles. The Balaban J connectivity index is 1.60. The molecule has 106 valence electrons. The van der Waals surface area contributed by atoms with Crippen LogP contribution in [0.15, 0.2) is 36.9 Å². The van der Waals surface area contributed by atoms with Crippen LogP contribution in [0.4, 0.5) is 4.79 Å². The average molecular weight is 273 g/mol. The van der Waals surface area contributed by atoms with Crippen molar-refractivity contribution in [2.24, 2.45) is 0 Å². The maximum absolute atomic E-state index is 11.6. The molecule has 0 atom stereocenters. The fraction of sp³-hybridized carbons (Fsp3) is 0.357. The smallest absolute Gasteiger partial charge is 0.315 e. The molecule has 0 aliphatic rings. The number of hydrogen-bond donors (Lipinski definition) is 2. The standard InChI is InChI=1S/C14H19N5O/c1-12-16-8-10-19(12)9-2-5-17-14(20)18-11-13-3-6-15-7-4-13/h3-4,6-8,10H,2,5,9,11H2,1H3,(H2,17,18,20). The van der Waals surface area contributed by atoms with Gasteiger partial charge in [-0.05, 0) is 31.0 Å². The van der Waals surface area contributed by atoms with Gasteiger partial charge in [-0.3, -0.25) is 4.98 Å². The predicted octanol–water partition coefficient (Wildman–Crippen LogP) is 1.48. The lowest BCUT2D eigenvalue weighted by molar-refractivity contribution is 0.240. The van der Waals surface area contributed by atoms with Gasteiger partial charge in [0.1, 0.15) is 5.82 Å². The summed E-state index contributed by atoms with van der Waals surface area (Å²) in [5, 5.41) is 5.64. The molecule has 0 aliphatic carbocycles. The van der Waals surface area contributed by atoms with Crippen LogP contribution in [-0.4, -0.2) is 27.1 Å². The molecule has 2 rings (SSSR count). The van der Waals surface area contributed by atoms with E-state index in [0.29, 0.717) is 13.1 Å². The molecule has 0 aromatic carbocycles. The number of nitrogens with zero attached hydrogens (tertiary/aromatic N) is 3. The molecule has 2 amide bonds. The first kappa shape index (κ1) is 14.0. The number of carbonyl (C=O) groups is 1. The van der Waals surface area contributed by atoms with Crippen molar-refractivity contribution in [1.29, 1.82) is 0 Å². The maximum Gasteiger partial charge on any atom is 0.315 e. The Bertz CT molecular complexity index is 538. The minimum atomic E-state index is -0.149. The van der Waals surface area contributed by atoms with E-state index in [-0.39, 0.29) is 6.03 Å². The molecule has 0 aliphatic heterocycles. The molecule has 0 fully saturated rings. The van der Waals surface area contributed by atoms with Crippen molar-refractivity contribution in [3.05, 3.63) is 48.3 Å². The normalized spacial score (nSPS) is 10.2. The average Bonchev–Trinajstić information content (AvgIpc) is 2.88. The minimum absolute atomic E-state index is 0.149. The first-order valence-electron chi connectivity index (χ1n) is 6.64. The molecule has 0 saturated heterocycles. The summed E-state index contributed by atoms with van der Waals surface area (Å²) in [6.45, 7) is 3.97. The lowest BCUT2D eigenvalue weighted by Crippen LogP contribution is -2.35. The quantitative estimate of drug-likeness (QED) is 0.783. The van der Waals surface area contributed by atoms with E-state index >= 15 is 0 Å². The molecule has 20 heavy (non-hydrogen) atoms. The Hall–Kier alpha value is -2.37. The molecule has 6 heteroatoms. The van der Waals surface area contributed by atoms with Gasteiger partial charge in [0.2, 0.25) is 0 Å². The molecular formula is C14H19N5O. The second kappa shape index (κ2) is 7.28. The van der Waals surface area contributed by atoms with Crippen molar-refractivity contribution in [2.75, 3.05) is 6.54 Å². The minimum Gasteiger partial charge on any atom is -0.338 e. The van der Waals surface area contributed by atoms with Crippen molar-refractivity contribution in [1.82, 2.24) is 25.2 Å². The van der Waals surface area contributed by atoms with Crippen molar-refractivity contribution < 1.29 is 4.79 Å². The zero-order valence-corrected chi connectivity index (χ0v) is 11.5. The Labute approximate surface area is 118 Å². The SMILES string of the molecule is Cc1nccn1CCCNC(=O)NCc1ccncc1. The number of urea groups is 1. The maximum atomic E-state index is 11.6. The van der Waals surface area contributed by atoms with Crippen molar-refractivity contribution in [3.8, 4) is 0 Å². The van der Waals surface area contributed by atoms with E-state index in [2.05, 4.69) is 25.2 Å². The second-order valence-corrected chi connectivity index (χ2v) is 4.49. The van der Waals surface area contributed by atoms with Gasteiger partial charge in [-0.25, -0.2) is 9.78 Å². The molecular weight excluding hydrogens is 254 g/mol. The number of nitrogens with one attached hydrogen (secondary N) is 2. The number of hydrogen-bond acceptors (Lipinski definition) is 3. The number of imidazole rings is 1. The Morgan fingerprint density at radius 1 is 1.25 bits per heavy atom. The molecule has 2 heterocycles. The summed E-state index contributed by atoms with van der Waals surface area (Å²) in [4.78, 5) is 19.7. The van der Waals surface area contributed by atoms with E-state index in [0.717, 1.165) is 24.4 Å². The zero-order valence-electron chi connectivity index (χ0n) is 11.5. The highest BCUT2D eigenvalue weighted by atomic mass is 16.2. The number of amides is 2. The van der Waals surface area contributed by atoms with E-state index in [4.69, 9.17) is 0 Å². The molecule has 0 radical (unpaired) electrons. The molecule has 2 N–H and O–H groups in total. The molecule has 0 bridgehead atoms. The van der Waals surface area contributed by atoms with Crippen molar-refractivity contribution in [2.45, 2.75) is 26.4 Å². The zero-order chi connectivity index (χ0) is 14.2. The van der Waals surface area contributed by atoms with Gasteiger partial charge < -0.3 is 15.2 Å². The topological polar surface area (TPSA) is 71.8 Å². The summed E-state index contributed by atoms with van der Waals surface area (Å²) in [5.74, 6) is 0.993. The van der Waals surface area contributed by atoms with E-state index in [1.165, 1.54) is 0 Å². The highest BCUT2D eigenvalue weighted by Gasteiger charge is 2.00. The van der Waals surface area contributed by atoms with Crippen LogP contribution in [0.1, 0.15) is 17.8 Å². The predicted molar refractivity (Wildman–Crippen MR) is 76.1 cm³/mol. The fourth-order valence-electron chi connectivity index (χ4n) is 1.84. The van der Waals surface area contributed by atoms with Gasteiger partial charge in [0.15, 0.2) is 0 Å². The molecule has 0 spiro atoms. The third kappa shape index (κ3) is 4.38. The van der Waals surface area contributed by atoms with Crippen molar-refractivity contribution in [3.63, 3.8) is 0 Å². The van der Waals surface area contributed by atoms with Gasteiger partial charge in [0, 0.05) is 44.4 Å². The van der Waals surface area contributed by atoms with E-state index in [9.17, 15) is 4.79 Å². The lowest BCUT2D eigenvalue weighted by Gasteiger charge is -2.08. The molecule has 6 nitrogen and oxygen atoms in total.